The van der Waals surface area contributed by atoms with Crippen molar-refractivity contribution in [3.63, 3.8) is 0 Å². The van der Waals surface area contributed by atoms with Gasteiger partial charge in [-0.15, -0.1) is 0 Å². The number of likely N-dealkylation sites (N-methyl/N-ethyl adjacent to an activating group) is 1. The molecular formula is C23H31N5O3. The number of rotatable bonds is 7. The summed E-state index contributed by atoms with van der Waals surface area (Å²) in [5.41, 5.74) is 2.14. The van der Waals surface area contributed by atoms with Crippen molar-refractivity contribution in [2.75, 3.05) is 34.3 Å². The molecule has 1 atom stereocenters. The van der Waals surface area contributed by atoms with Gasteiger partial charge in [0.2, 0.25) is 5.91 Å². The highest BCUT2D eigenvalue weighted by atomic mass is 16.5. The van der Waals surface area contributed by atoms with E-state index in [1.54, 1.807) is 32.3 Å². The Morgan fingerprint density at radius 3 is 2.65 bits per heavy atom. The summed E-state index contributed by atoms with van der Waals surface area (Å²) in [7, 11) is 5.14. The Kier molecular flexibility index (Phi) is 7.57. The van der Waals surface area contributed by atoms with Crippen LogP contribution in [0.2, 0.25) is 0 Å². The minimum absolute atomic E-state index is 0.0446. The molecule has 0 unspecified atom stereocenters. The molecule has 1 aliphatic rings. The fourth-order valence-electron chi connectivity index (χ4n) is 3.74. The molecule has 8 heteroatoms. The summed E-state index contributed by atoms with van der Waals surface area (Å²) in [5, 5.41) is 2.97. The Bertz CT molecular complexity index is 914. The second-order valence-corrected chi connectivity index (χ2v) is 8.02. The molecule has 0 spiro atoms. The summed E-state index contributed by atoms with van der Waals surface area (Å²) in [6.45, 7) is 3.33. The summed E-state index contributed by atoms with van der Waals surface area (Å²) >= 11 is 0. The lowest BCUT2D eigenvalue weighted by Gasteiger charge is -2.36. The van der Waals surface area contributed by atoms with E-state index < -0.39 is 0 Å². The van der Waals surface area contributed by atoms with Crippen LogP contribution in [0.3, 0.4) is 0 Å². The van der Waals surface area contributed by atoms with E-state index in [0.29, 0.717) is 30.2 Å². The van der Waals surface area contributed by atoms with Gasteiger partial charge < -0.3 is 15.0 Å². The third-order valence-electron chi connectivity index (χ3n) is 5.56. The van der Waals surface area contributed by atoms with E-state index in [9.17, 15) is 9.59 Å². The van der Waals surface area contributed by atoms with E-state index in [-0.39, 0.29) is 17.9 Å². The molecule has 166 valence electrons. The van der Waals surface area contributed by atoms with Crippen molar-refractivity contribution in [3.8, 4) is 5.75 Å². The molecule has 2 heterocycles. The molecule has 0 bridgehead atoms. The van der Waals surface area contributed by atoms with Crippen molar-refractivity contribution >= 4 is 11.8 Å². The summed E-state index contributed by atoms with van der Waals surface area (Å²) in [6.07, 6.45) is 4.52. The number of likely N-dealkylation sites (tertiary alicyclic amines) is 1. The molecule has 1 aromatic carbocycles. The third kappa shape index (κ3) is 5.79. The lowest BCUT2D eigenvalue weighted by molar-refractivity contribution is -0.130. The lowest BCUT2D eigenvalue weighted by Crippen LogP contribution is -2.42. The van der Waals surface area contributed by atoms with Gasteiger partial charge in [0.25, 0.3) is 5.91 Å². The molecule has 1 aliphatic heterocycles. The van der Waals surface area contributed by atoms with Crippen LogP contribution in [0.15, 0.2) is 30.5 Å². The first-order chi connectivity index (χ1) is 14.9. The van der Waals surface area contributed by atoms with Gasteiger partial charge in [-0.25, -0.2) is 9.97 Å². The zero-order valence-electron chi connectivity index (χ0n) is 18.7. The Morgan fingerprint density at radius 2 is 1.97 bits per heavy atom. The number of carbonyl (C=O) groups is 2. The number of nitrogens with one attached hydrogen (secondary N) is 1. The average molecular weight is 426 g/mol. The van der Waals surface area contributed by atoms with Crippen molar-refractivity contribution in [2.45, 2.75) is 38.8 Å². The van der Waals surface area contributed by atoms with Crippen LogP contribution < -0.4 is 10.1 Å². The molecule has 8 nitrogen and oxygen atoms in total. The highest BCUT2D eigenvalue weighted by Gasteiger charge is 2.30. The molecule has 3 rings (SSSR count). The topological polar surface area (TPSA) is 87.7 Å². The maximum absolute atomic E-state index is 13.0. The van der Waals surface area contributed by atoms with Crippen molar-refractivity contribution in [1.29, 1.82) is 0 Å². The number of hydrogen-bond acceptors (Lipinski definition) is 6. The standard InChI is InChI=1S/C23H31N5O3/c1-16-24-14-19(23(30)25-13-17-8-10-18(31-4)11-9-17)22(26-16)20-7-5-6-12-28(20)15-21(29)27(2)3/h8-11,14,20H,5-7,12-13,15H2,1-4H3,(H,25,30)/t20-/m1/s1. The molecule has 1 fully saturated rings. The first kappa shape index (κ1) is 22.7. The van der Waals surface area contributed by atoms with Crippen LogP contribution in [-0.4, -0.2) is 65.9 Å². The zero-order valence-corrected chi connectivity index (χ0v) is 18.7. The van der Waals surface area contributed by atoms with Crippen LogP contribution in [0.1, 0.15) is 52.7 Å². The first-order valence-electron chi connectivity index (χ1n) is 10.6. The van der Waals surface area contributed by atoms with E-state index in [0.717, 1.165) is 37.1 Å². The highest BCUT2D eigenvalue weighted by Crippen LogP contribution is 2.31. The van der Waals surface area contributed by atoms with Gasteiger partial charge in [0, 0.05) is 26.8 Å². The van der Waals surface area contributed by atoms with E-state index in [2.05, 4.69) is 20.2 Å². The highest BCUT2D eigenvalue weighted by molar-refractivity contribution is 5.95. The zero-order chi connectivity index (χ0) is 22.4. The van der Waals surface area contributed by atoms with Crippen molar-refractivity contribution < 1.29 is 14.3 Å². The van der Waals surface area contributed by atoms with E-state index in [4.69, 9.17) is 4.74 Å². The quantitative estimate of drug-likeness (QED) is 0.733. The van der Waals surface area contributed by atoms with Gasteiger partial charge in [0.1, 0.15) is 11.6 Å². The van der Waals surface area contributed by atoms with E-state index >= 15 is 0 Å². The number of aromatic nitrogens is 2. The number of carbonyl (C=O) groups excluding carboxylic acids is 2. The minimum Gasteiger partial charge on any atom is -0.497 e. The summed E-state index contributed by atoms with van der Waals surface area (Å²) < 4.78 is 5.17. The maximum atomic E-state index is 13.0. The van der Waals surface area contributed by atoms with Gasteiger partial charge in [0.05, 0.1) is 31.0 Å². The first-order valence-corrected chi connectivity index (χ1v) is 10.6. The number of piperidine rings is 1. The summed E-state index contributed by atoms with van der Waals surface area (Å²) in [6, 6.07) is 7.48. The molecule has 0 saturated carbocycles. The van der Waals surface area contributed by atoms with Crippen LogP contribution in [0.4, 0.5) is 0 Å². The predicted molar refractivity (Wildman–Crippen MR) is 118 cm³/mol. The lowest BCUT2D eigenvalue weighted by atomic mass is 9.96. The number of nitrogens with zero attached hydrogens (tertiary/aromatic N) is 4. The van der Waals surface area contributed by atoms with Gasteiger partial charge in [-0.2, -0.15) is 0 Å². The van der Waals surface area contributed by atoms with Gasteiger partial charge in [0.15, 0.2) is 0 Å². The summed E-state index contributed by atoms with van der Waals surface area (Å²) in [4.78, 5) is 38.0. The molecule has 31 heavy (non-hydrogen) atoms. The monoisotopic (exact) mass is 425 g/mol. The number of ether oxygens (including phenoxy) is 1. The second-order valence-electron chi connectivity index (χ2n) is 8.02. The normalized spacial score (nSPS) is 16.6. The van der Waals surface area contributed by atoms with Crippen LogP contribution >= 0.6 is 0 Å². The molecule has 2 aromatic rings. The fraction of sp³-hybridized carbons (Fsp3) is 0.478. The largest absolute Gasteiger partial charge is 0.497 e. The van der Waals surface area contributed by atoms with Crippen molar-refractivity contribution in [3.05, 3.63) is 53.1 Å². The van der Waals surface area contributed by atoms with Gasteiger partial charge >= 0.3 is 0 Å². The maximum Gasteiger partial charge on any atom is 0.255 e. The van der Waals surface area contributed by atoms with Crippen molar-refractivity contribution in [2.24, 2.45) is 0 Å². The second kappa shape index (κ2) is 10.3. The molecule has 0 aliphatic carbocycles. The fourth-order valence-corrected chi connectivity index (χ4v) is 3.74. The van der Waals surface area contributed by atoms with E-state index in [1.165, 1.54) is 0 Å². The van der Waals surface area contributed by atoms with Gasteiger partial charge in [-0.3, -0.25) is 14.5 Å². The Balaban J connectivity index is 1.79. The Labute approximate surface area is 183 Å². The van der Waals surface area contributed by atoms with Crippen LogP contribution in [-0.2, 0) is 11.3 Å². The minimum atomic E-state index is -0.213. The molecular weight excluding hydrogens is 394 g/mol. The van der Waals surface area contributed by atoms with Gasteiger partial charge in [-0.1, -0.05) is 18.6 Å². The number of aryl methyl sites for hydroxylation is 1. The number of methoxy groups -OCH3 is 1. The molecule has 1 N–H and O–H groups in total. The van der Waals surface area contributed by atoms with Crippen molar-refractivity contribution in [1.82, 2.24) is 25.1 Å². The third-order valence-corrected chi connectivity index (χ3v) is 5.56. The molecule has 1 saturated heterocycles. The van der Waals surface area contributed by atoms with Gasteiger partial charge in [-0.05, 0) is 44.0 Å². The molecule has 1 aromatic heterocycles. The Morgan fingerprint density at radius 1 is 1.23 bits per heavy atom. The molecule has 2 amide bonds. The van der Waals surface area contributed by atoms with E-state index in [1.807, 2.05) is 31.2 Å². The Hall–Kier alpha value is -3.00. The number of amides is 2. The molecule has 0 radical (unpaired) electrons. The predicted octanol–water partition coefficient (Wildman–Crippen LogP) is 2.34. The summed E-state index contributed by atoms with van der Waals surface area (Å²) in [5.74, 6) is 1.22. The van der Waals surface area contributed by atoms with Crippen LogP contribution in [0, 0.1) is 6.92 Å². The number of benzene rings is 1. The van der Waals surface area contributed by atoms with Crippen LogP contribution in [0.5, 0.6) is 5.75 Å². The van der Waals surface area contributed by atoms with Crippen LogP contribution in [0.25, 0.3) is 0 Å². The smallest absolute Gasteiger partial charge is 0.255 e. The average Bonchev–Trinajstić information content (AvgIpc) is 2.78. The SMILES string of the molecule is COc1ccc(CNC(=O)c2cnc(C)nc2[C@H]2CCCCN2CC(=O)N(C)C)cc1. The number of hydrogen-bond donors (Lipinski definition) is 1.